The van der Waals surface area contributed by atoms with E-state index in [1.807, 2.05) is 20.8 Å². The molecule has 0 aromatic carbocycles. The van der Waals surface area contributed by atoms with E-state index in [4.69, 9.17) is 0 Å². The molecule has 1 fully saturated rings. The maximum atomic E-state index is 12.0. The third-order valence-corrected chi connectivity index (χ3v) is 3.26. The molecular formula is C10H15N3O2S. The molecule has 0 radical (unpaired) electrons. The summed E-state index contributed by atoms with van der Waals surface area (Å²) in [5, 5.41) is 13.2. The van der Waals surface area contributed by atoms with Gasteiger partial charge in [0.05, 0.1) is 11.8 Å². The minimum atomic E-state index is -0.372. The lowest BCUT2D eigenvalue weighted by atomic mass is 9.91. The fraction of sp³-hybridized carbons (Fsp3) is 0.700. The molecule has 0 bridgehead atoms. The van der Waals surface area contributed by atoms with Gasteiger partial charge in [0.2, 0.25) is 0 Å². The van der Waals surface area contributed by atoms with E-state index < -0.39 is 0 Å². The van der Waals surface area contributed by atoms with Gasteiger partial charge in [0, 0.05) is 18.5 Å². The number of β-amino-alcohol motifs (C(OH)–C–C–N with tert-alkyl or cyclic N) is 1. The van der Waals surface area contributed by atoms with Gasteiger partial charge in [0.1, 0.15) is 4.88 Å². The molecule has 5 nitrogen and oxygen atoms in total. The Morgan fingerprint density at radius 1 is 1.50 bits per heavy atom. The monoisotopic (exact) mass is 241 g/mol. The van der Waals surface area contributed by atoms with Crippen LogP contribution >= 0.6 is 11.5 Å². The Balaban J connectivity index is 2.21. The van der Waals surface area contributed by atoms with Crippen molar-refractivity contribution in [1.82, 2.24) is 14.5 Å². The summed E-state index contributed by atoms with van der Waals surface area (Å²) < 4.78 is 3.85. The normalized spacial score (nSPS) is 17.4. The number of aliphatic hydroxyl groups is 1. The van der Waals surface area contributed by atoms with Gasteiger partial charge >= 0.3 is 0 Å². The second-order valence-corrected chi connectivity index (χ2v) is 5.82. The second kappa shape index (κ2) is 3.78. The molecule has 1 amide bonds. The molecule has 2 rings (SSSR count). The molecule has 1 saturated heterocycles. The van der Waals surface area contributed by atoms with Crippen LogP contribution in [0.25, 0.3) is 0 Å². The first-order valence-corrected chi connectivity index (χ1v) is 5.97. The Labute approximate surface area is 98.2 Å². The van der Waals surface area contributed by atoms with Crippen LogP contribution in [-0.4, -0.2) is 44.7 Å². The van der Waals surface area contributed by atoms with Crippen molar-refractivity contribution < 1.29 is 9.90 Å². The molecule has 1 N–H and O–H groups in total. The van der Waals surface area contributed by atoms with Gasteiger partial charge < -0.3 is 10.0 Å². The Morgan fingerprint density at radius 2 is 2.12 bits per heavy atom. The van der Waals surface area contributed by atoms with Crippen molar-refractivity contribution in [3.63, 3.8) is 0 Å². The zero-order chi connectivity index (χ0) is 11.9. The molecular weight excluding hydrogens is 226 g/mol. The third kappa shape index (κ3) is 1.94. The third-order valence-electron chi connectivity index (χ3n) is 2.54. The average Bonchev–Trinajstić information content (AvgIpc) is 2.59. The summed E-state index contributed by atoms with van der Waals surface area (Å²) >= 11 is 1.13. The number of carbonyl (C=O) groups excluding carboxylic acids is 1. The van der Waals surface area contributed by atoms with Gasteiger partial charge in [-0.05, 0) is 11.5 Å². The Hall–Kier alpha value is -1.01. The lowest BCUT2D eigenvalue weighted by Crippen LogP contribution is -2.53. The van der Waals surface area contributed by atoms with Gasteiger partial charge in [0.15, 0.2) is 0 Å². The highest BCUT2D eigenvalue weighted by molar-refractivity contribution is 7.08. The van der Waals surface area contributed by atoms with Crippen molar-refractivity contribution in [3.8, 4) is 0 Å². The molecule has 1 aliphatic rings. The summed E-state index contributed by atoms with van der Waals surface area (Å²) in [6.45, 7) is 6.85. The number of aromatic nitrogens is 2. The topological polar surface area (TPSA) is 66.3 Å². The minimum Gasteiger partial charge on any atom is -0.389 e. The predicted molar refractivity (Wildman–Crippen MR) is 60.5 cm³/mol. The van der Waals surface area contributed by atoms with E-state index in [-0.39, 0.29) is 17.4 Å². The fourth-order valence-corrected chi connectivity index (χ4v) is 2.43. The molecule has 0 spiro atoms. The van der Waals surface area contributed by atoms with Crippen LogP contribution in [0.1, 0.15) is 36.1 Å². The van der Waals surface area contributed by atoms with Crippen molar-refractivity contribution >= 4 is 17.4 Å². The van der Waals surface area contributed by atoms with Crippen LogP contribution in [0, 0.1) is 0 Å². The van der Waals surface area contributed by atoms with Gasteiger partial charge in [0.25, 0.3) is 5.91 Å². The maximum absolute atomic E-state index is 12.0. The minimum absolute atomic E-state index is 0.0646. The molecule has 88 valence electrons. The molecule has 0 atom stereocenters. The number of carbonyl (C=O) groups is 1. The highest BCUT2D eigenvalue weighted by Gasteiger charge is 2.34. The van der Waals surface area contributed by atoms with Gasteiger partial charge in [-0.15, -0.1) is 5.10 Å². The fourth-order valence-electron chi connectivity index (χ4n) is 1.59. The standard InChI is InChI=1S/C10H15N3O2S/c1-10(2,3)8-7(16-12-11-8)9(15)13-4-6(14)5-13/h6,14H,4-5H2,1-3H3. The first-order chi connectivity index (χ1) is 7.39. The number of likely N-dealkylation sites (tertiary alicyclic amines) is 1. The molecule has 0 saturated carbocycles. The van der Waals surface area contributed by atoms with E-state index in [1.54, 1.807) is 4.90 Å². The zero-order valence-corrected chi connectivity index (χ0v) is 10.4. The zero-order valence-electron chi connectivity index (χ0n) is 9.60. The Morgan fingerprint density at radius 3 is 2.62 bits per heavy atom. The Kier molecular flexibility index (Phi) is 2.71. The highest BCUT2D eigenvalue weighted by Crippen LogP contribution is 2.27. The van der Waals surface area contributed by atoms with Gasteiger partial charge in [-0.3, -0.25) is 4.79 Å². The van der Waals surface area contributed by atoms with Crippen LogP contribution in [0.3, 0.4) is 0 Å². The summed E-state index contributed by atoms with van der Waals surface area (Å²) in [6.07, 6.45) is -0.372. The van der Waals surface area contributed by atoms with Crippen LogP contribution in [0.4, 0.5) is 0 Å². The number of aliphatic hydroxyl groups excluding tert-OH is 1. The maximum Gasteiger partial charge on any atom is 0.267 e. The number of hydrogen-bond donors (Lipinski definition) is 1. The Bertz CT molecular complexity index is 404. The van der Waals surface area contributed by atoms with Gasteiger partial charge in [-0.25, -0.2) is 0 Å². The van der Waals surface area contributed by atoms with Crippen LogP contribution in [0.5, 0.6) is 0 Å². The van der Waals surface area contributed by atoms with Crippen LogP contribution in [-0.2, 0) is 5.41 Å². The molecule has 16 heavy (non-hydrogen) atoms. The second-order valence-electron chi connectivity index (χ2n) is 5.06. The van der Waals surface area contributed by atoms with Crippen molar-refractivity contribution in [1.29, 1.82) is 0 Å². The number of rotatable bonds is 1. The molecule has 1 aromatic heterocycles. The van der Waals surface area contributed by atoms with Crippen LogP contribution < -0.4 is 0 Å². The molecule has 0 aliphatic carbocycles. The van der Waals surface area contributed by atoms with Crippen molar-refractivity contribution in [3.05, 3.63) is 10.6 Å². The quantitative estimate of drug-likeness (QED) is 0.784. The molecule has 1 aliphatic heterocycles. The van der Waals surface area contributed by atoms with E-state index >= 15 is 0 Å². The van der Waals surface area contributed by atoms with E-state index in [0.29, 0.717) is 18.0 Å². The summed E-state index contributed by atoms with van der Waals surface area (Å²) in [4.78, 5) is 14.3. The molecule has 2 heterocycles. The summed E-state index contributed by atoms with van der Waals surface area (Å²) in [7, 11) is 0. The summed E-state index contributed by atoms with van der Waals surface area (Å²) in [5.74, 6) is -0.0646. The average molecular weight is 241 g/mol. The SMILES string of the molecule is CC(C)(C)c1nnsc1C(=O)N1CC(O)C1. The van der Waals surface area contributed by atoms with Crippen molar-refractivity contribution in [2.75, 3.05) is 13.1 Å². The number of nitrogens with zero attached hydrogens (tertiary/aromatic N) is 3. The van der Waals surface area contributed by atoms with E-state index in [1.165, 1.54) is 0 Å². The smallest absolute Gasteiger partial charge is 0.267 e. The van der Waals surface area contributed by atoms with E-state index in [9.17, 15) is 9.90 Å². The first-order valence-electron chi connectivity index (χ1n) is 5.20. The molecule has 6 heteroatoms. The van der Waals surface area contributed by atoms with Gasteiger partial charge in [-0.2, -0.15) is 0 Å². The summed E-state index contributed by atoms with van der Waals surface area (Å²) in [5.41, 5.74) is 0.561. The van der Waals surface area contributed by atoms with Crippen LogP contribution in [0.2, 0.25) is 0 Å². The van der Waals surface area contributed by atoms with E-state index in [2.05, 4.69) is 9.59 Å². The van der Waals surface area contributed by atoms with Crippen LogP contribution in [0.15, 0.2) is 0 Å². The summed E-state index contributed by atoms with van der Waals surface area (Å²) in [6, 6.07) is 0. The highest BCUT2D eigenvalue weighted by atomic mass is 32.1. The molecule has 1 aromatic rings. The van der Waals surface area contributed by atoms with Gasteiger partial charge in [-0.1, -0.05) is 25.3 Å². The molecule has 0 unspecified atom stereocenters. The number of hydrogen-bond acceptors (Lipinski definition) is 5. The predicted octanol–water partition coefficient (Wildman–Crippen LogP) is 0.652. The van der Waals surface area contributed by atoms with Crippen molar-refractivity contribution in [2.45, 2.75) is 32.3 Å². The van der Waals surface area contributed by atoms with E-state index in [0.717, 1.165) is 17.2 Å². The van der Waals surface area contributed by atoms with Crippen molar-refractivity contribution in [2.24, 2.45) is 0 Å². The largest absolute Gasteiger partial charge is 0.389 e. The lowest BCUT2D eigenvalue weighted by Gasteiger charge is -2.35. The lowest BCUT2D eigenvalue weighted by molar-refractivity contribution is 0.00606. The number of amides is 1. The first kappa shape index (κ1) is 11.5.